The summed E-state index contributed by atoms with van der Waals surface area (Å²) in [6.07, 6.45) is 2.50. The summed E-state index contributed by atoms with van der Waals surface area (Å²) in [7, 11) is 0. The fraction of sp³-hybridized carbons (Fsp3) is 0.176. The van der Waals surface area contributed by atoms with Gasteiger partial charge in [0.1, 0.15) is 5.75 Å². The molecule has 0 aliphatic carbocycles. The van der Waals surface area contributed by atoms with E-state index in [0.717, 1.165) is 12.0 Å². The Bertz CT molecular complexity index is 609. The molecule has 2 rings (SSSR count). The third-order valence-electron chi connectivity index (χ3n) is 2.77. The number of nitrogens with zero attached hydrogens (tertiary/aromatic N) is 1. The van der Waals surface area contributed by atoms with E-state index < -0.39 is 0 Å². The molecule has 0 saturated carbocycles. The van der Waals surface area contributed by atoms with Crippen LogP contribution in [0.15, 0.2) is 59.7 Å². The van der Waals surface area contributed by atoms with Crippen molar-refractivity contribution in [1.82, 2.24) is 5.43 Å². The molecule has 0 atom stereocenters. The van der Waals surface area contributed by atoms with Crippen LogP contribution in [0.3, 0.4) is 0 Å². The highest BCUT2D eigenvalue weighted by molar-refractivity contribution is 5.97. The molecule has 0 aromatic heterocycles. The van der Waals surface area contributed by atoms with Gasteiger partial charge in [0.15, 0.2) is 0 Å². The van der Waals surface area contributed by atoms with Crippen molar-refractivity contribution in [2.75, 3.05) is 6.61 Å². The van der Waals surface area contributed by atoms with Gasteiger partial charge in [-0.3, -0.25) is 4.79 Å². The molecule has 0 bridgehead atoms. The lowest BCUT2D eigenvalue weighted by atomic mass is 10.2. The Kier molecular flexibility index (Phi) is 5.52. The zero-order valence-electron chi connectivity index (χ0n) is 12.0. The number of amides is 1. The van der Waals surface area contributed by atoms with Crippen molar-refractivity contribution >= 4 is 12.1 Å². The SMILES string of the molecule is CCCOc1ccccc1C(=O)NN=Cc1ccccc1. The van der Waals surface area contributed by atoms with Crippen LogP contribution >= 0.6 is 0 Å². The second-order valence-corrected chi connectivity index (χ2v) is 4.45. The summed E-state index contributed by atoms with van der Waals surface area (Å²) in [5, 5.41) is 3.96. The first-order valence-corrected chi connectivity index (χ1v) is 6.91. The zero-order chi connectivity index (χ0) is 14.9. The second kappa shape index (κ2) is 7.85. The van der Waals surface area contributed by atoms with Gasteiger partial charge in [-0.25, -0.2) is 5.43 Å². The summed E-state index contributed by atoms with van der Waals surface area (Å²) in [6.45, 7) is 2.60. The van der Waals surface area contributed by atoms with Crippen molar-refractivity contribution < 1.29 is 9.53 Å². The van der Waals surface area contributed by atoms with E-state index in [1.54, 1.807) is 24.4 Å². The van der Waals surface area contributed by atoms with Gasteiger partial charge < -0.3 is 4.74 Å². The predicted octanol–water partition coefficient (Wildman–Crippen LogP) is 3.24. The maximum Gasteiger partial charge on any atom is 0.275 e. The molecule has 2 aromatic carbocycles. The van der Waals surface area contributed by atoms with Crippen molar-refractivity contribution in [3.05, 3.63) is 65.7 Å². The van der Waals surface area contributed by atoms with Gasteiger partial charge in [-0.2, -0.15) is 5.10 Å². The fourth-order valence-corrected chi connectivity index (χ4v) is 1.76. The molecule has 0 aliphatic heterocycles. The minimum Gasteiger partial charge on any atom is -0.493 e. The summed E-state index contributed by atoms with van der Waals surface area (Å²) in [5.41, 5.74) is 3.92. The summed E-state index contributed by atoms with van der Waals surface area (Å²) in [6, 6.07) is 16.7. The summed E-state index contributed by atoms with van der Waals surface area (Å²) in [4.78, 5) is 12.1. The highest BCUT2D eigenvalue weighted by Crippen LogP contribution is 2.17. The van der Waals surface area contributed by atoms with Gasteiger partial charge in [-0.1, -0.05) is 49.4 Å². The Balaban J connectivity index is 2.02. The van der Waals surface area contributed by atoms with Gasteiger partial charge in [0.2, 0.25) is 0 Å². The van der Waals surface area contributed by atoms with Gasteiger partial charge in [-0.15, -0.1) is 0 Å². The monoisotopic (exact) mass is 282 g/mol. The molecule has 0 spiro atoms. The summed E-state index contributed by atoms with van der Waals surface area (Å²) >= 11 is 0. The molecule has 0 radical (unpaired) electrons. The van der Waals surface area contributed by atoms with Gasteiger partial charge in [0.25, 0.3) is 5.91 Å². The van der Waals surface area contributed by atoms with Crippen LogP contribution < -0.4 is 10.2 Å². The Morgan fingerprint density at radius 2 is 1.86 bits per heavy atom. The number of hydrogen-bond acceptors (Lipinski definition) is 3. The van der Waals surface area contributed by atoms with Gasteiger partial charge in [0.05, 0.1) is 18.4 Å². The molecule has 0 fully saturated rings. The quantitative estimate of drug-likeness (QED) is 0.653. The number of benzene rings is 2. The van der Waals surface area contributed by atoms with Crippen LogP contribution in [0, 0.1) is 0 Å². The topological polar surface area (TPSA) is 50.7 Å². The van der Waals surface area contributed by atoms with Crippen LogP contribution in [0.1, 0.15) is 29.3 Å². The summed E-state index contributed by atoms with van der Waals surface area (Å²) < 4.78 is 5.56. The lowest BCUT2D eigenvalue weighted by Crippen LogP contribution is -2.18. The molecular formula is C17H18N2O2. The predicted molar refractivity (Wildman–Crippen MR) is 83.7 cm³/mol. The zero-order valence-corrected chi connectivity index (χ0v) is 12.0. The maximum absolute atomic E-state index is 12.1. The number of hydrazone groups is 1. The molecule has 1 amide bonds. The number of ether oxygens (including phenoxy) is 1. The maximum atomic E-state index is 12.1. The van der Waals surface area contributed by atoms with E-state index in [2.05, 4.69) is 10.5 Å². The van der Waals surface area contributed by atoms with Crippen LogP contribution in [0.4, 0.5) is 0 Å². The minimum absolute atomic E-state index is 0.283. The molecule has 2 aromatic rings. The lowest BCUT2D eigenvalue weighted by molar-refractivity contribution is 0.0951. The minimum atomic E-state index is -0.283. The highest BCUT2D eigenvalue weighted by Gasteiger charge is 2.10. The molecule has 4 nitrogen and oxygen atoms in total. The average Bonchev–Trinajstić information content (AvgIpc) is 2.54. The smallest absolute Gasteiger partial charge is 0.275 e. The Morgan fingerprint density at radius 3 is 2.62 bits per heavy atom. The van der Waals surface area contributed by atoms with Crippen LogP contribution in [0.25, 0.3) is 0 Å². The second-order valence-electron chi connectivity index (χ2n) is 4.45. The van der Waals surface area contributed by atoms with Gasteiger partial charge >= 0.3 is 0 Å². The number of rotatable bonds is 6. The van der Waals surface area contributed by atoms with Crippen molar-refractivity contribution in [1.29, 1.82) is 0 Å². The van der Waals surface area contributed by atoms with Crippen molar-refractivity contribution in [3.8, 4) is 5.75 Å². The standard InChI is InChI=1S/C17H18N2O2/c1-2-12-21-16-11-7-6-10-15(16)17(20)19-18-13-14-8-4-3-5-9-14/h3-11,13H,2,12H2,1H3,(H,19,20). The van der Waals surface area contributed by atoms with E-state index in [-0.39, 0.29) is 5.91 Å². The van der Waals surface area contributed by atoms with Crippen LogP contribution in [-0.4, -0.2) is 18.7 Å². The Morgan fingerprint density at radius 1 is 1.14 bits per heavy atom. The van der Waals surface area contributed by atoms with Crippen molar-refractivity contribution in [2.45, 2.75) is 13.3 Å². The number of para-hydroxylation sites is 1. The lowest BCUT2D eigenvalue weighted by Gasteiger charge is -2.09. The molecule has 4 heteroatoms. The number of carbonyl (C=O) groups is 1. The molecule has 108 valence electrons. The van der Waals surface area contributed by atoms with E-state index in [9.17, 15) is 4.79 Å². The van der Waals surface area contributed by atoms with E-state index in [1.807, 2.05) is 43.3 Å². The Labute approximate surface area is 124 Å². The largest absolute Gasteiger partial charge is 0.493 e. The molecule has 21 heavy (non-hydrogen) atoms. The average molecular weight is 282 g/mol. The van der Waals surface area contributed by atoms with E-state index in [4.69, 9.17) is 4.74 Å². The molecule has 0 aliphatic rings. The molecule has 0 saturated heterocycles. The molecule has 0 heterocycles. The molecule has 0 unspecified atom stereocenters. The third kappa shape index (κ3) is 4.45. The highest BCUT2D eigenvalue weighted by atomic mass is 16.5. The molecule has 1 N–H and O–H groups in total. The summed E-state index contributed by atoms with van der Waals surface area (Å²) in [5.74, 6) is 0.292. The first kappa shape index (κ1) is 14.8. The normalized spacial score (nSPS) is 10.5. The number of hydrogen-bond donors (Lipinski definition) is 1. The van der Waals surface area contributed by atoms with Crippen LogP contribution in [-0.2, 0) is 0 Å². The fourth-order valence-electron chi connectivity index (χ4n) is 1.76. The van der Waals surface area contributed by atoms with E-state index >= 15 is 0 Å². The number of nitrogens with one attached hydrogen (secondary N) is 1. The first-order chi connectivity index (χ1) is 10.3. The van der Waals surface area contributed by atoms with E-state index in [0.29, 0.717) is 17.9 Å². The molecular weight excluding hydrogens is 264 g/mol. The Hall–Kier alpha value is -2.62. The van der Waals surface area contributed by atoms with Crippen LogP contribution in [0.2, 0.25) is 0 Å². The van der Waals surface area contributed by atoms with Gasteiger partial charge in [0, 0.05) is 0 Å². The van der Waals surface area contributed by atoms with E-state index in [1.165, 1.54) is 0 Å². The van der Waals surface area contributed by atoms with Crippen molar-refractivity contribution in [2.24, 2.45) is 5.10 Å². The number of carbonyl (C=O) groups excluding carboxylic acids is 1. The first-order valence-electron chi connectivity index (χ1n) is 6.91. The third-order valence-corrected chi connectivity index (χ3v) is 2.77. The van der Waals surface area contributed by atoms with Crippen molar-refractivity contribution in [3.63, 3.8) is 0 Å². The van der Waals surface area contributed by atoms with Gasteiger partial charge in [-0.05, 0) is 24.1 Å². The van der Waals surface area contributed by atoms with Crippen LogP contribution in [0.5, 0.6) is 5.75 Å².